The van der Waals surface area contributed by atoms with Crippen LogP contribution in [0.3, 0.4) is 0 Å². The molecule has 5 heteroatoms. The molecule has 0 aliphatic heterocycles. The maximum Gasteiger partial charge on any atom is 0.305 e. The summed E-state index contributed by atoms with van der Waals surface area (Å²) in [7, 11) is 0. The highest BCUT2D eigenvalue weighted by Crippen LogP contribution is 2.31. The van der Waals surface area contributed by atoms with E-state index in [1.54, 1.807) is 24.3 Å². The predicted molar refractivity (Wildman–Crippen MR) is 76.4 cm³/mol. The summed E-state index contributed by atoms with van der Waals surface area (Å²) in [6.07, 6.45) is 4.40. The number of carbonyl (C=O) groups is 2. The third-order valence-corrected chi connectivity index (χ3v) is 3.83. The number of hydrogen-bond donors (Lipinski definition) is 3. The Morgan fingerprint density at radius 2 is 1.95 bits per heavy atom. The van der Waals surface area contributed by atoms with Gasteiger partial charge in [-0.15, -0.1) is 0 Å². The first kappa shape index (κ1) is 14.4. The number of carbonyl (C=O) groups excluding carboxylic acids is 1. The standard InChI is InChI=1S/C15H20N2O3/c16-12-6-4-5-11(9-12)14(20)17-15(10-13(18)19)7-2-1-3-8-15/h4-6,9H,1-3,7-8,10,16H2,(H,17,20)(H,18,19). The fraction of sp³-hybridized carbons (Fsp3) is 0.467. The maximum absolute atomic E-state index is 12.3. The molecule has 1 aliphatic carbocycles. The smallest absolute Gasteiger partial charge is 0.305 e. The molecule has 0 bridgehead atoms. The van der Waals surface area contributed by atoms with Crippen molar-refractivity contribution >= 4 is 17.6 Å². The van der Waals surface area contributed by atoms with E-state index in [0.29, 0.717) is 24.1 Å². The molecule has 108 valence electrons. The molecule has 5 nitrogen and oxygen atoms in total. The minimum Gasteiger partial charge on any atom is -0.481 e. The number of nitrogens with one attached hydrogen (secondary N) is 1. The van der Waals surface area contributed by atoms with Crippen LogP contribution in [-0.2, 0) is 4.79 Å². The number of hydrogen-bond acceptors (Lipinski definition) is 3. The first-order valence-electron chi connectivity index (χ1n) is 6.91. The molecule has 4 N–H and O–H groups in total. The summed E-state index contributed by atoms with van der Waals surface area (Å²) in [4.78, 5) is 23.4. The van der Waals surface area contributed by atoms with E-state index < -0.39 is 11.5 Å². The molecule has 1 saturated carbocycles. The van der Waals surface area contributed by atoms with Gasteiger partial charge >= 0.3 is 5.97 Å². The van der Waals surface area contributed by atoms with Crippen LogP contribution < -0.4 is 11.1 Å². The zero-order valence-corrected chi connectivity index (χ0v) is 11.4. The average Bonchev–Trinajstić information content (AvgIpc) is 2.38. The largest absolute Gasteiger partial charge is 0.481 e. The summed E-state index contributed by atoms with van der Waals surface area (Å²) in [6.45, 7) is 0. The molecule has 20 heavy (non-hydrogen) atoms. The number of nitrogen functional groups attached to an aromatic ring is 1. The number of rotatable bonds is 4. The van der Waals surface area contributed by atoms with Crippen molar-refractivity contribution in [2.45, 2.75) is 44.1 Å². The second kappa shape index (κ2) is 5.94. The molecule has 0 heterocycles. The minimum atomic E-state index is -0.875. The van der Waals surface area contributed by atoms with Gasteiger partial charge in [-0.3, -0.25) is 9.59 Å². The highest BCUT2D eigenvalue weighted by Gasteiger charge is 2.35. The van der Waals surface area contributed by atoms with Crippen molar-refractivity contribution in [3.63, 3.8) is 0 Å². The Balaban J connectivity index is 2.15. The Morgan fingerprint density at radius 1 is 1.25 bits per heavy atom. The molecule has 1 aromatic carbocycles. The fourth-order valence-corrected chi connectivity index (χ4v) is 2.86. The Kier molecular flexibility index (Phi) is 4.27. The first-order chi connectivity index (χ1) is 9.51. The number of amides is 1. The van der Waals surface area contributed by atoms with Crippen molar-refractivity contribution in [1.82, 2.24) is 5.32 Å². The van der Waals surface area contributed by atoms with E-state index in [9.17, 15) is 9.59 Å². The van der Waals surface area contributed by atoms with Gasteiger partial charge in [0, 0.05) is 11.3 Å². The van der Waals surface area contributed by atoms with Crippen LogP contribution >= 0.6 is 0 Å². The zero-order valence-electron chi connectivity index (χ0n) is 11.4. The molecule has 0 radical (unpaired) electrons. The normalized spacial score (nSPS) is 17.4. The first-order valence-corrected chi connectivity index (χ1v) is 6.91. The van der Waals surface area contributed by atoms with Gasteiger partial charge in [0.2, 0.25) is 0 Å². The van der Waals surface area contributed by atoms with Crippen molar-refractivity contribution < 1.29 is 14.7 Å². The quantitative estimate of drug-likeness (QED) is 0.735. The van der Waals surface area contributed by atoms with E-state index >= 15 is 0 Å². The van der Waals surface area contributed by atoms with Gasteiger partial charge in [-0.05, 0) is 31.0 Å². The number of carboxylic acid groups (broad SMARTS) is 1. The lowest BCUT2D eigenvalue weighted by atomic mass is 9.79. The molecule has 0 atom stereocenters. The van der Waals surface area contributed by atoms with Gasteiger partial charge < -0.3 is 16.2 Å². The highest BCUT2D eigenvalue weighted by molar-refractivity contribution is 5.95. The third kappa shape index (κ3) is 3.50. The number of nitrogens with two attached hydrogens (primary N) is 1. The summed E-state index contributed by atoms with van der Waals surface area (Å²) in [5.41, 5.74) is 6.04. The molecule has 1 amide bonds. The Labute approximate surface area is 118 Å². The van der Waals surface area contributed by atoms with Gasteiger partial charge in [-0.2, -0.15) is 0 Å². The van der Waals surface area contributed by atoms with Crippen molar-refractivity contribution in [1.29, 1.82) is 0 Å². The molecular formula is C15H20N2O3. The molecule has 0 saturated heterocycles. The fourth-order valence-electron chi connectivity index (χ4n) is 2.86. The van der Waals surface area contributed by atoms with E-state index in [4.69, 9.17) is 10.8 Å². The van der Waals surface area contributed by atoms with Crippen LogP contribution in [0.25, 0.3) is 0 Å². The number of benzene rings is 1. The molecule has 2 rings (SSSR count). The number of carboxylic acids is 1. The van der Waals surface area contributed by atoms with Gasteiger partial charge in [0.05, 0.1) is 12.0 Å². The Hall–Kier alpha value is -2.04. The van der Waals surface area contributed by atoms with Gasteiger partial charge in [0.15, 0.2) is 0 Å². The summed E-state index contributed by atoms with van der Waals surface area (Å²) < 4.78 is 0. The van der Waals surface area contributed by atoms with Crippen LogP contribution in [0.4, 0.5) is 5.69 Å². The second-order valence-corrected chi connectivity index (χ2v) is 5.49. The van der Waals surface area contributed by atoms with Gasteiger partial charge in [-0.1, -0.05) is 25.3 Å². The van der Waals surface area contributed by atoms with Crippen molar-refractivity contribution in [3.8, 4) is 0 Å². The van der Waals surface area contributed by atoms with E-state index in [-0.39, 0.29) is 12.3 Å². The lowest BCUT2D eigenvalue weighted by molar-refractivity contribution is -0.139. The summed E-state index contributed by atoms with van der Waals surface area (Å²) in [5, 5.41) is 12.0. The SMILES string of the molecule is Nc1cccc(C(=O)NC2(CC(=O)O)CCCCC2)c1. The predicted octanol–water partition coefficient (Wildman–Crippen LogP) is 2.18. The Bertz CT molecular complexity index is 508. The van der Waals surface area contributed by atoms with Crippen molar-refractivity contribution in [3.05, 3.63) is 29.8 Å². The maximum atomic E-state index is 12.3. The zero-order chi connectivity index (χ0) is 14.6. The van der Waals surface area contributed by atoms with Gasteiger partial charge in [0.1, 0.15) is 0 Å². The Morgan fingerprint density at radius 3 is 2.55 bits per heavy atom. The van der Waals surface area contributed by atoms with Crippen LogP contribution in [-0.4, -0.2) is 22.5 Å². The van der Waals surface area contributed by atoms with E-state index in [0.717, 1.165) is 19.3 Å². The molecule has 1 aliphatic rings. The monoisotopic (exact) mass is 276 g/mol. The van der Waals surface area contributed by atoms with Crippen LogP contribution in [0, 0.1) is 0 Å². The van der Waals surface area contributed by atoms with Crippen LogP contribution in [0.5, 0.6) is 0 Å². The summed E-state index contributed by atoms with van der Waals surface area (Å²) in [5.74, 6) is -1.12. The lowest BCUT2D eigenvalue weighted by Crippen LogP contribution is -2.51. The molecule has 1 aromatic rings. The summed E-state index contributed by atoms with van der Waals surface area (Å²) >= 11 is 0. The minimum absolute atomic E-state index is 0.0267. The van der Waals surface area contributed by atoms with Gasteiger partial charge in [0.25, 0.3) is 5.91 Å². The van der Waals surface area contributed by atoms with Crippen LogP contribution in [0.2, 0.25) is 0 Å². The van der Waals surface area contributed by atoms with Crippen molar-refractivity contribution in [2.75, 3.05) is 5.73 Å². The van der Waals surface area contributed by atoms with Crippen LogP contribution in [0.1, 0.15) is 48.9 Å². The van der Waals surface area contributed by atoms with Gasteiger partial charge in [-0.25, -0.2) is 0 Å². The molecule has 0 aromatic heterocycles. The molecule has 0 spiro atoms. The second-order valence-electron chi connectivity index (χ2n) is 5.49. The average molecular weight is 276 g/mol. The molecule has 1 fully saturated rings. The number of aliphatic carboxylic acids is 1. The van der Waals surface area contributed by atoms with Crippen LogP contribution in [0.15, 0.2) is 24.3 Å². The summed E-state index contributed by atoms with van der Waals surface area (Å²) in [6, 6.07) is 6.72. The molecular weight excluding hydrogens is 256 g/mol. The van der Waals surface area contributed by atoms with E-state index in [2.05, 4.69) is 5.32 Å². The number of anilines is 1. The third-order valence-electron chi connectivity index (χ3n) is 3.83. The van der Waals surface area contributed by atoms with E-state index in [1.165, 1.54) is 0 Å². The highest BCUT2D eigenvalue weighted by atomic mass is 16.4. The van der Waals surface area contributed by atoms with Crippen molar-refractivity contribution in [2.24, 2.45) is 0 Å². The lowest BCUT2D eigenvalue weighted by Gasteiger charge is -2.37. The molecule has 0 unspecified atom stereocenters. The van der Waals surface area contributed by atoms with E-state index in [1.807, 2.05) is 0 Å². The topological polar surface area (TPSA) is 92.4 Å².